The topological polar surface area (TPSA) is 107 Å². The van der Waals surface area contributed by atoms with Crippen LogP contribution in [0.3, 0.4) is 0 Å². The number of nitriles is 1. The summed E-state index contributed by atoms with van der Waals surface area (Å²) in [7, 11) is 0. The van der Waals surface area contributed by atoms with Crippen molar-refractivity contribution in [2.75, 3.05) is 6.54 Å². The SMILES string of the molecule is CC(=O)NC[C@@H](Cc1ccc(C#N)cc1)NC(=O)c1cc(-c2ccc(CN[C@H](C)c3ccc(C)cc3)o2)ccc1Cl. The number of nitrogens with zero attached hydrogens (tertiary/aromatic N) is 1. The Balaban J connectivity index is 1.44. The minimum absolute atomic E-state index is 0.157. The lowest BCUT2D eigenvalue weighted by Crippen LogP contribution is -2.44. The number of halogens is 1. The molecule has 1 aromatic heterocycles. The van der Waals surface area contributed by atoms with E-state index in [-0.39, 0.29) is 24.4 Å². The van der Waals surface area contributed by atoms with Gasteiger partial charge in [-0.15, -0.1) is 0 Å². The Hall–Kier alpha value is -4.38. The summed E-state index contributed by atoms with van der Waals surface area (Å²) in [4.78, 5) is 24.9. The van der Waals surface area contributed by atoms with Gasteiger partial charge >= 0.3 is 0 Å². The summed E-state index contributed by atoms with van der Waals surface area (Å²) in [5.41, 5.74) is 4.93. The lowest BCUT2D eigenvalue weighted by atomic mass is 10.0. The van der Waals surface area contributed by atoms with Crippen molar-refractivity contribution >= 4 is 23.4 Å². The molecule has 2 amide bonds. The highest BCUT2D eigenvalue weighted by atomic mass is 35.5. The van der Waals surface area contributed by atoms with Crippen molar-refractivity contribution in [3.8, 4) is 17.4 Å². The number of furan rings is 1. The molecule has 0 bridgehead atoms. The number of nitrogens with one attached hydrogen (secondary N) is 3. The third-order valence-corrected chi connectivity index (χ3v) is 7.14. The summed E-state index contributed by atoms with van der Waals surface area (Å²) >= 11 is 6.44. The summed E-state index contributed by atoms with van der Waals surface area (Å²) in [5.74, 6) is 0.849. The quantitative estimate of drug-likeness (QED) is 0.202. The van der Waals surface area contributed by atoms with Gasteiger partial charge in [0.2, 0.25) is 5.91 Å². The maximum Gasteiger partial charge on any atom is 0.253 e. The maximum absolute atomic E-state index is 13.3. The normalized spacial score (nSPS) is 12.3. The molecule has 4 rings (SSSR count). The maximum atomic E-state index is 13.3. The number of carbonyl (C=O) groups is 2. The van der Waals surface area contributed by atoms with E-state index >= 15 is 0 Å². The number of hydrogen-bond donors (Lipinski definition) is 3. The zero-order chi connectivity index (χ0) is 29.4. The fourth-order valence-electron chi connectivity index (χ4n) is 4.41. The van der Waals surface area contributed by atoms with E-state index in [0.29, 0.717) is 34.9 Å². The summed E-state index contributed by atoms with van der Waals surface area (Å²) in [6.45, 7) is 6.40. The van der Waals surface area contributed by atoms with Gasteiger partial charge in [0, 0.05) is 25.1 Å². The van der Waals surface area contributed by atoms with Crippen molar-refractivity contribution in [2.45, 2.75) is 45.8 Å². The van der Waals surface area contributed by atoms with E-state index in [4.69, 9.17) is 21.3 Å². The highest BCUT2D eigenvalue weighted by Crippen LogP contribution is 2.27. The number of benzene rings is 3. The lowest BCUT2D eigenvalue weighted by Gasteiger charge is -2.20. The standard InChI is InChI=1S/C33H33ClN4O3/c1-21-4-10-26(11-5-21)22(2)36-20-29-13-15-32(41-29)27-12-14-31(34)30(17-27)33(40)38-28(19-37-23(3)39)16-24-6-8-25(18-35)9-7-24/h4-15,17,22,28,36H,16,19-20H2,1-3H3,(H,37,39)(H,38,40)/t22-,28-/m1/s1. The fourth-order valence-corrected chi connectivity index (χ4v) is 4.61. The zero-order valence-corrected chi connectivity index (χ0v) is 24.1. The molecule has 210 valence electrons. The van der Waals surface area contributed by atoms with Crippen LogP contribution in [0.15, 0.2) is 83.3 Å². The largest absolute Gasteiger partial charge is 0.460 e. The second kappa shape index (κ2) is 13.8. The molecule has 8 heteroatoms. The van der Waals surface area contributed by atoms with Crippen LogP contribution in [-0.4, -0.2) is 24.4 Å². The van der Waals surface area contributed by atoms with E-state index in [1.165, 1.54) is 18.1 Å². The molecular weight excluding hydrogens is 536 g/mol. The predicted octanol–water partition coefficient (Wildman–Crippen LogP) is 6.11. The fraction of sp³-hybridized carbons (Fsp3) is 0.242. The van der Waals surface area contributed by atoms with E-state index in [1.807, 2.05) is 30.3 Å². The molecule has 1 heterocycles. The average Bonchev–Trinajstić information content (AvgIpc) is 3.44. The van der Waals surface area contributed by atoms with Crippen LogP contribution in [0.25, 0.3) is 11.3 Å². The Labute approximate surface area is 245 Å². The van der Waals surface area contributed by atoms with Crippen LogP contribution >= 0.6 is 11.6 Å². The molecule has 0 fully saturated rings. The van der Waals surface area contributed by atoms with Gasteiger partial charge in [0.25, 0.3) is 5.91 Å². The number of amides is 2. The van der Waals surface area contributed by atoms with E-state index in [9.17, 15) is 9.59 Å². The van der Waals surface area contributed by atoms with Crippen molar-refractivity contribution in [1.82, 2.24) is 16.0 Å². The molecule has 3 aromatic carbocycles. The number of aryl methyl sites for hydroxylation is 1. The van der Waals surface area contributed by atoms with E-state index in [1.54, 1.807) is 24.3 Å². The van der Waals surface area contributed by atoms with Crippen molar-refractivity contribution < 1.29 is 14.0 Å². The van der Waals surface area contributed by atoms with Gasteiger partial charge in [0.15, 0.2) is 0 Å². The van der Waals surface area contributed by atoms with Crippen LogP contribution in [0.1, 0.15) is 58.3 Å². The van der Waals surface area contributed by atoms with Gasteiger partial charge in [-0.05, 0) is 73.9 Å². The van der Waals surface area contributed by atoms with Crippen molar-refractivity contribution in [1.29, 1.82) is 5.26 Å². The van der Waals surface area contributed by atoms with Gasteiger partial charge in [-0.3, -0.25) is 9.59 Å². The average molecular weight is 569 g/mol. The Kier molecular flexibility index (Phi) is 9.96. The summed E-state index contributed by atoms with van der Waals surface area (Å²) in [6, 6.07) is 26.4. The molecule has 0 unspecified atom stereocenters. The van der Waals surface area contributed by atoms with Crippen LogP contribution in [0.5, 0.6) is 0 Å². The van der Waals surface area contributed by atoms with Gasteiger partial charge < -0.3 is 20.4 Å². The van der Waals surface area contributed by atoms with Crippen LogP contribution in [0.4, 0.5) is 0 Å². The molecule has 41 heavy (non-hydrogen) atoms. The second-order valence-electron chi connectivity index (χ2n) is 10.1. The third kappa shape index (κ3) is 8.31. The van der Waals surface area contributed by atoms with E-state index < -0.39 is 6.04 Å². The Bertz CT molecular complexity index is 1540. The second-order valence-corrected chi connectivity index (χ2v) is 10.5. The van der Waals surface area contributed by atoms with Gasteiger partial charge in [-0.25, -0.2) is 0 Å². The van der Waals surface area contributed by atoms with Crippen molar-refractivity contribution in [3.63, 3.8) is 0 Å². The smallest absolute Gasteiger partial charge is 0.253 e. The van der Waals surface area contributed by atoms with Crippen LogP contribution in [0.2, 0.25) is 5.02 Å². The van der Waals surface area contributed by atoms with E-state index in [0.717, 1.165) is 16.9 Å². The molecule has 3 N–H and O–H groups in total. The Morgan fingerprint density at radius 2 is 1.73 bits per heavy atom. The van der Waals surface area contributed by atoms with E-state index in [2.05, 4.69) is 60.1 Å². The molecular formula is C33H33ClN4O3. The molecule has 0 saturated heterocycles. The molecule has 0 aliphatic carbocycles. The van der Waals surface area contributed by atoms with Crippen molar-refractivity contribution in [3.05, 3.63) is 117 Å². The lowest BCUT2D eigenvalue weighted by molar-refractivity contribution is -0.119. The summed E-state index contributed by atoms with van der Waals surface area (Å²) in [6.07, 6.45) is 0.463. The molecule has 0 aliphatic heterocycles. The van der Waals surface area contributed by atoms with Crippen LogP contribution in [0, 0.1) is 18.3 Å². The molecule has 0 aliphatic rings. The van der Waals surface area contributed by atoms with Crippen LogP contribution in [-0.2, 0) is 17.8 Å². The summed E-state index contributed by atoms with van der Waals surface area (Å²) < 4.78 is 6.09. The first-order valence-electron chi connectivity index (χ1n) is 13.4. The summed E-state index contributed by atoms with van der Waals surface area (Å²) in [5, 5.41) is 18.6. The predicted molar refractivity (Wildman–Crippen MR) is 160 cm³/mol. The molecule has 4 aromatic rings. The number of rotatable bonds is 11. The van der Waals surface area contributed by atoms with Crippen molar-refractivity contribution in [2.24, 2.45) is 0 Å². The minimum atomic E-state index is -0.393. The van der Waals surface area contributed by atoms with Gasteiger partial charge in [0.05, 0.1) is 34.8 Å². The first-order valence-corrected chi connectivity index (χ1v) is 13.8. The monoisotopic (exact) mass is 568 g/mol. The van der Waals surface area contributed by atoms with Crippen LogP contribution < -0.4 is 16.0 Å². The van der Waals surface area contributed by atoms with Gasteiger partial charge in [-0.2, -0.15) is 5.26 Å². The highest BCUT2D eigenvalue weighted by Gasteiger charge is 2.19. The Morgan fingerprint density at radius 3 is 2.41 bits per heavy atom. The minimum Gasteiger partial charge on any atom is -0.460 e. The Morgan fingerprint density at radius 1 is 1.00 bits per heavy atom. The van der Waals surface area contributed by atoms with Gasteiger partial charge in [0.1, 0.15) is 11.5 Å². The molecule has 0 radical (unpaired) electrons. The molecule has 0 saturated carbocycles. The highest BCUT2D eigenvalue weighted by molar-refractivity contribution is 6.34. The third-order valence-electron chi connectivity index (χ3n) is 6.81. The first-order chi connectivity index (χ1) is 19.7. The zero-order valence-electron chi connectivity index (χ0n) is 23.3. The number of carbonyl (C=O) groups excluding carboxylic acids is 2. The molecule has 0 spiro atoms. The van der Waals surface area contributed by atoms with Gasteiger partial charge in [-0.1, -0.05) is 53.6 Å². The molecule has 2 atom stereocenters. The molecule has 7 nitrogen and oxygen atoms in total. The first kappa shape index (κ1) is 29.6. The number of hydrogen-bond acceptors (Lipinski definition) is 5.